The maximum Gasteiger partial charge on any atom is 0.324 e. The van der Waals surface area contributed by atoms with Crippen LogP contribution in [-0.4, -0.2) is 16.2 Å². The minimum Gasteiger partial charge on any atom is -0.308 e. The van der Waals surface area contributed by atoms with Crippen LogP contribution in [0.25, 0.3) is 10.9 Å². The molecule has 0 unspecified atom stereocenters. The van der Waals surface area contributed by atoms with Crippen LogP contribution in [0.3, 0.4) is 0 Å². The first-order chi connectivity index (χ1) is 9.74. The Morgan fingerprint density at radius 2 is 1.85 bits per heavy atom. The van der Waals surface area contributed by atoms with Crippen molar-refractivity contribution in [3.05, 3.63) is 54.3 Å². The van der Waals surface area contributed by atoms with Gasteiger partial charge in [-0.2, -0.15) is 5.10 Å². The molecule has 0 radical (unpaired) electrons. The van der Waals surface area contributed by atoms with Gasteiger partial charge in [-0.25, -0.2) is 9.18 Å². The predicted octanol–water partition coefficient (Wildman–Crippen LogP) is 3.35. The van der Waals surface area contributed by atoms with E-state index in [0.29, 0.717) is 11.2 Å². The highest BCUT2D eigenvalue weighted by atomic mass is 19.1. The van der Waals surface area contributed by atoms with Crippen molar-refractivity contribution in [1.29, 1.82) is 0 Å². The average molecular weight is 270 g/mol. The second-order valence-corrected chi connectivity index (χ2v) is 4.18. The minimum absolute atomic E-state index is 0.159. The van der Waals surface area contributed by atoms with Crippen molar-refractivity contribution in [3.63, 3.8) is 0 Å². The number of carbonyl (C=O) groups excluding carboxylic acids is 1. The van der Waals surface area contributed by atoms with Gasteiger partial charge in [0.05, 0.1) is 10.9 Å². The van der Waals surface area contributed by atoms with Gasteiger partial charge >= 0.3 is 6.03 Å². The monoisotopic (exact) mass is 270 g/mol. The summed E-state index contributed by atoms with van der Waals surface area (Å²) < 4.78 is 13.7. The van der Waals surface area contributed by atoms with Crippen molar-refractivity contribution >= 4 is 28.4 Å². The third-order valence-electron chi connectivity index (χ3n) is 2.80. The zero-order chi connectivity index (χ0) is 13.9. The molecular formula is C14H11FN4O. The number of carbonyl (C=O) groups is 1. The Balaban J connectivity index is 1.81. The number of urea groups is 1. The summed E-state index contributed by atoms with van der Waals surface area (Å²) in [5.41, 5.74) is 1.17. The summed E-state index contributed by atoms with van der Waals surface area (Å²) >= 11 is 0. The molecular weight excluding hydrogens is 259 g/mol. The summed E-state index contributed by atoms with van der Waals surface area (Å²) in [5.74, 6) is -0.280. The lowest BCUT2D eigenvalue weighted by molar-refractivity contribution is 0.262. The maximum atomic E-state index is 13.7. The number of nitrogens with one attached hydrogen (secondary N) is 3. The summed E-state index contributed by atoms with van der Waals surface area (Å²) in [7, 11) is 0. The van der Waals surface area contributed by atoms with Gasteiger partial charge in [0.1, 0.15) is 5.82 Å². The first-order valence-electron chi connectivity index (χ1n) is 6.00. The van der Waals surface area contributed by atoms with Gasteiger partial charge < -0.3 is 5.32 Å². The molecule has 6 heteroatoms. The lowest BCUT2D eigenvalue weighted by atomic mass is 10.2. The number of para-hydroxylation sites is 1. The highest BCUT2D eigenvalue weighted by Gasteiger charge is 2.12. The fourth-order valence-electron chi connectivity index (χ4n) is 1.91. The van der Waals surface area contributed by atoms with Crippen LogP contribution in [0.15, 0.2) is 48.5 Å². The highest BCUT2D eigenvalue weighted by Crippen LogP contribution is 2.23. The topological polar surface area (TPSA) is 69.8 Å². The molecule has 100 valence electrons. The summed E-state index contributed by atoms with van der Waals surface area (Å²) in [5, 5.41) is 12.0. The van der Waals surface area contributed by atoms with Crippen LogP contribution in [0, 0.1) is 5.82 Å². The first-order valence-corrected chi connectivity index (χ1v) is 6.00. The Labute approximate surface area is 113 Å². The summed E-state index contributed by atoms with van der Waals surface area (Å²) in [4.78, 5) is 11.8. The van der Waals surface area contributed by atoms with Crippen molar-refractivity contribution in [2.75, 3.05) is 10.6 Å². The van der Waals surface area contributed by atoms with Gasteiger partial charge in [-0.15, -0.1) is 0 Å². The quantitative estimate of drug-likeness (QED) is 0.668. The number of fused-ring (bicyclic) bond motifs is 1. The molecule has 1 heterocycles. The number of halogens is 1. The molecule has 0 spiro atoms. The Morgan fingerprint density at radius 1 is 1.05 bits per heavy atom. The lowest BCUT2D eigenvalue weighted by Gasteiger charge is -2.05. The van der Waals surface area contributed by atoms with Crippen molar-refractivity contribution < 1.29 is 9.18 Å². The molecule has 20 heavy (non-hydrogen) atoms. The van der Waals surface area contributed by atoms with Gasteiger partial charge in [-0.1, -0.05) is 24.3 Å². The van der Waals surface area contributed by atoms with E-state index in [1.54, 1.807) is 36.4 Å². The van der Waals surface area contributed by atoms with E-state index in [1.807, 2.05) is 6.07 Å². The minimum atomic E-state index is -0.479. The lowest BCUT2D eigenvalue weighted by Crippen LogP contribution is -2.19. The molecule has 0 aliphatic carbocycles. The second kappa shape index (κ2) is 5.00. The van der Waals surface area contributed by atoms with E-state index in [4.69, 9.17) is 0 Å². The van der Waals surface area contributed by atoms with Crippen molar-refractivity contribution in [3.8, 4) is 0 Å². The third-order valence-corrected chi connectivity index (χ3v) is 2.80. The van der Waals surface area contributed by atoms with Gasteiger partial charge in [0.15, 0.2) is 5.82 Å². The highest BCUT2D eigenvalue weighted by molar-refractivity contribution is 6.04. The molecule has 3 aromatic rings. The van der Waals surface area contributed by atoms with Crippen LogP contribution < -0.4 is 10.6 Å². The number of hydrogen-bond donors (Lipinski definition) is 3. The van der Waals surface area contributed by atoms with E-state index in [9.17, 15) is 9.18 Å². The molecule has 0 atom stereocenters. The van der Waals surface area contributed by atoms with E-state index in [0.717, 1.165) is 0 Å². The summed E-state index contributed by atoms with van der Waals surface area (Å²) in [6.45, 7) is 0. The van der Waals surface area contributed by atoms with Crippen LogP contribution in [-0.2, 0) is 0 Å². The van der Waals surface area contributed by atoms with Gasteiger partial charge in [0.2, 0.25) is 0 Å². The van der Waals surface area contributed by atoms with Gasteiger partial charge in [-0.3, -0.25) is 10.4 Å². The molecule has 0 saturated heterocycles. The molecule has 5 nitrogen and oxygen atoms in total. The average Bonchev–Trinajstić information content (AvgIpc) is 2.84. The van der Waals surface area contributed by atoms with Crippen molar-refractivity contribution in [2.24, 2.45) is 0 Å². The second-order valence-electron chi connectivity index (χ2n) is 4.18. The number of rotatable bonds is 2. The third kappa shape index (κ3) is 2.31. The van der Waals surface area contributed by atoms with Crippen molar-refractivity contribution in [1.82, 2.24) is 10.2 Å². The zero-order valence-corrected chi connectivity index (χ0v) is 10.4. The molecule has 0 aliphatic rings. The molecule has 2 amide bonds. The van der Waals surface area contributed by atoms with Crippen LogP contribution in [0.1, 0.15) is 0 Å². The smallest absolute Gasteiger partial charge is 0.308 e. The fourth-order valence-corrected chi connectivity index (χ4v) is 1.91. The predicted molar refractivity (Wildman–Crippen MR) is 75.1 cm³/mol. The molecule has 0 saturated carbocycles. The van der Waals surface area contributed by atoms with E-state index in [-0.39, 0.29) is 11.2 Å². The van der Waals surface area contributed by atoms with Crippen LogP contribution in [0.5, 0.6) is 0 Å². The summed E-state index contributed by atoms with van der Waals surface area (Å²) in [6.07, 6.45) is 0. The number of aromatic amines is 1. The summed E-state index contributed by atoms with van der Waals surface area (Å²) in [6, 6.07) is 13.1. The number of aromatic nitrogens is 2. The number of nitrogens with zero attached hydrogens (tertiary/aromatic N) is 1. The molecule has 0 fully saturated rings. The number of anilines is 2. The van der Waals surface area contributed by atoms with Gasteiger partial charge in [0, 0.05) is 5.69 Å². The molecule has 1 aromatic heterocycles. The zero-order valence-electron chi connectivity index (χ0n) is 10.4. The molecule has 3 rings (SSSR count). The molecule has 0 bridgehead atoms. The van der Waals surface area contributed by atoms with Crippen LogP contribution in [0.2, 0.25) is 0 Å². The van der Waals surface area contributed by atoms with E-state index < -0.39 is 11.8 Å². The van der Waals surface area contributed by atoms with E-state index >= 15 is 0 Å². The van der Waals surface area contributed by atoms with Crippen LogP contribution >= 0.6 is 0 Å². The SMILES string of the molecule is O=C(Nc1ccccc1)Nc1n[nH]c2cccc(F)c12. The van der Waals surface area contributed by atoms with E-state index in [2.05, 4.69) is 20.8 Å². The van der Waals surface area contributed by atoms with Gasteiger partial charge in [-0.05, 0) is 24.3 Å². The number of hydrogen-bond acceptors (Lipinski definition) is 2. The Kier molecular flexibility index (Phi) is 3.04. The van der Waals surface area contributed by atoms with Crippen LogP contribution in [0.4, 0.5) is 20.7 Å². The number of benzene rings is 2. The number of H-pyrrole nitrogens is 1. The molecule has 0 aliphatic heterocycles. The first kappa shape index (κ1) is 12.2. The molecule has 3 N–H and O–H groups in total. The normalized spacial score (nSPS) is 10.4. The Morgan fingerprint density at radius 3 is 2.65 bits per heavy atom. The fraction of sp³-hybridized carbons (Fsp3) is 0. The maximum absolute atomic E-state index is 13.7. The Hall–Kier alpha value is -2.89. The van der Waals surface area contributed by atoms with E-state index in [1.165, 1.54) is 6.07 Å². The van der Waals surface area contributed by atoms with Gasteiger partial charge in [0.25, 0.3) is 0 Å². The number of amides is 2. The standard InChI is InChI=1S/C14H11FN4O/c15-10-7-4-8-11-12(10)13(19-18-11)17-14(20)16-9-5-2-1-3-6-9/h1-8H,(H3,16,17,18,19,20). The Bertz CT molecular complexity index is 754. The van der Waals surface area contributed by atoms with Crippen molar-refractivity contribution in [2.45, 2.75) is 0 Å². The largest absolute Gasteiger partial charge is 0.324 e. The molecule has 2 aromatic carbocycles.